The lowest BCUT2D eigenvalue weighted by atomic mass is 9.87. The maximum Gasteiger partial charge on any atom is 0.410 e. The van der Waals surface area contributed by atoms with Gasteiger partial charge in [0.25, 0.3) is 0 Å². The summed E-state index contributed by atoms with van der Waals surface area (Å²) >= 11 is 0. The van der Waals surface area contributed by atoms with Gasteiger partial charge in [0.1, 0.15) is 5.60 Å². The number of benzene rings is 1. The Hall–Kier alpha value is -2.00. The average Bonchev–Trinajstić information content (AvgIpc) is 2.83. The molecule has 1 aromatic carbocycles. The minimum Gasteiger partial charge on any atom is -0.493 e. The van der Waals surface area contributed by atoms with Gasteiger partial charge in [-0.1, -0.05) is 19.3 Å². The average molecular weight is 511 g/mol. The van der Waals surface area contributed by atoms with E-state index in [1.165, 1.54) is 26.7 Å². The van der Waals surface area contributed by atoms with Crippen molar-refractivity contribution >= 4 is 16.1 Å². The number of methoxy groups -OCH3 is 2. The van der Waals surface area contributed by atoms with E-state index in [4.69, 9.17) is 14.2 Å². The number of amides is 1. The van der Waals surface area contributed by atoms with Crippen molar-refractivity contribution in [3.63, 3.8) is 0 Å². The molecule has 2 saturated heterocycles. The van der Waals surface area contributed by atoms with Gasteiger partial charge in [-0.05, 0) is 70.4 Å². The predicted octanol–water partition coefficient (Wildman–Crippen LogP) is 4.92. The minimum absolute atomic E-state index is 0.203. The van der Waals surface area contributed by atoms with Crippen molar-refractivity contribution in [3.8, 4) is 11.5 Å². The summed E-state index contributed by atoms with van der Waals surface area (Å²) < 4.78 is 43.8. The van der Waals surface area contributed by atoms with Gasteiger partial charge < -0.3 is 19.1 Å². The fraction of sp³-hybridized carbons (Fsp3) is 0.731. The van der Waals surface area contributed by atoms with E-state index in [0.29, 0.717) is 36.4 Å². The molecule has 0 aromatic heterocycles. The molecule has 8 nitrogen and oxygen atoms in total. The zero-order chi connectivity index (χ0) is 25.6. The number of likely N-dealkylation sites (tertiary alicyclic amines) is 1. The van der Waals surface area contributed by atoms with Crippen LogP contribution in [0.25, 0.3) is 0 Å². The van der Waals surface area contributed by atoms with Crippen LogP contribution < -0.4 is 9.47 Å². The summed E-state index contributed by atoms with van der Waals surface area (Å²) in [5.74, 6) is 2.15. The zero-order valence-electron chi connectivity index (χ0n) is 21.9. The molecular weight excluding hydrogens is 468 g/mol. The predicted molar refractivity (Wildman–Crippen MR) is 135 cm³/mol. The number of carbonyl (C=O) groups excluding carboxylic acids is 1. The van der Waals surface area contributed by atoms with Gasteiger partial charge in [-0.25, -0.2) is 13.2 Å². The highest BCUT2D eigenvalue weighted by atomic mass is 32.2. The molecule has 0 saturated carbocycles. The first-order valence-corrected chi connectivity index (χ1v) is 14.2. The molecule has 198 valence electrons. The molecule has 0 aliphatic carbocycles. The van der Waals surface area contributed by atoms with Crippen LogP contribution in [0.3, 0.4) is 0 Å². The van der Waals surface area contributed by atoms with Crippen molar-refractivity contribution in [2.24, 2.45) is 11.8 Å². The maximum atomic E-state index is 13.1. The molecule has 0 unspecified atom stereocenters. The van der Waals surface area contributed by atoms with E-state index in [-0.39, 0.29) is 11.0 Å². The third kappa shape index (κ3) is 7.49. The number of sulfonamides is 1. The molecule has 35 heavy (non-hydrogen) atoms. The van der Waals surface area contributed by atoms with Crippen LogP contribution in [0.5, 0.6) is 11.5 Å². The number of rotatable bonds is 8. The standard InChI is InChI=1S/C26H42N2O6S/c1-26(2,3)34-25(29)27-15-11-20(12-16-27)7-6-8-21-13-17-28(18-14-21)35(30,31)22-9-10-23(32-4)24(19-22)33-5/h9-10,19-21H,6-8,11-18H2,1-5H3. The van der Waals surface area contributed by atoms with E-state index in [2.05, 4.69) is 0 Å². The molecule has 1 amide bonds. The molecule has 0 bridgehead atoms. The van der Waals surface area contributed by atoms with Crippen LogP contribution in [0.4, 0.5) is 4.79 Å². The van der Waals surface area contributed by atoms with Crippen molar-refractivity contribution in [2.75, 3.05) is 40.4 Å². The van der Waals surface area contributed by atoms with Crippen LogP contribution in [0, 0.1) is 11.8 Å². The monoisotopic (exact) mass is 510 g/mol. The second-order valence-corrected chi connectivity index (χ2v) is 12.6. The van der Waals surface area contributed by atoms with Crippen molar-refractivity contribution in [1.82, 2.24) is 9.21 Å². The molecule has 9 heteroatoms. The van der Waals surface area contributed by atoms with Crippen LogP contribution in [0.1, 0.15) is 65.7 Å². The van der Waals surface area contributed by atoms with Crippen LogP contribution in [0.15, 0.2) is 23.1 Å². The fourth-order valence-corrected chi connectivity index (χ4v) is 6.48. The number of hydrogen-bond acceptors (Lipinski definition) is 6. The van der Waals surface area contributed by atoms with Crippen LogP contribution in [0.2, 0.25) is 0 Å². The number of hydrogen-bond donors (Lipinski definition) is 0. The Labute approximate surface area is 211 Å². The van der Waals surface area contributed by atoms with Gasteiger partial charge in [0, 0.05) is 32.2 Å². The van der Waals surface area contributed by atoms with E-state index in [1.807, 2.05) is 25.7 Å². The molecule has 3 rings (SSSR count). The van der Waals surface area contributed by atoms with E-state index < -0.39 is 15.6 Å². The first kappa shape index (κ1) is 27.6. The highest BCUT2D eigenvalue weighted by Gasteiger charge is 2.31. The van der Waals surface area contributed by atoms with Crippen LogP contribution in [-0.4, -0.2) is 69.7 Å². The lowest BCUT2D eigenvalue weighted by molar-refractivity contribution is 0.0180. The van der Waals surface area contributed by atoms with E-state index in [0.717, 1.165) is 51.6 Å². The Bertz CT molecular complexity index is 943. The molecule has 0 N–H and O–H groups in total. The molecule has 0 atom stereocenters. The summed E-state index contributed by atoms with van der Waals surface area (Å²) in [7, 11) is -0.514. The Morgan fingerprint density at radius 1 is 0.914 bits per heavy atom. The second-order valence-electron chi connectivity index (χ2n) is 10.7. The summed E-state index contributed by atoms with van der Waals surface area (Å²) in [5.41, 5.74) is -0.454. The minimum atomic E-state index is -3.55. The second kappa shape index (κ2) is 11.8. The van der Waals surface area contributed by atoms with Crippen LogP contribution in [-0.2, 0) is 14.8 Å². The smallest absolute Gasteiger partial charge is 0.410 e. The first-order chi connectivity index (χ1) is 16.5. The third-order valence-electron chi connectivity index (χ3n) is 7.06. The number of carbonyl (C=O) groups is 1. The first-order valence-electron chi connectivity index (χ1n) is 12.7. The van der Waals surface area contributed by atoms with Gasteiger partial charge in [0.2, 0.25) is 10.0 Å². The third-order valence-corrected chi connectivity index (χ3v) is 8.95. The molecule has 2 aliphatic rings. The molecule has 2 fully saturated rings. The quantitative estimate of drug-likeness (QED) is 0.493. The van der Waals surface area contributed by atoms with Gasteiger partial charge in [0.15, 0.2) is 11.5 Å². The van der Waals surface area contributed by atoms with Crippen LogP contribution >= 0.6 is 0 Å². The summed E-state index contributed by atoms with van der Waals surface area (Å²) in [6.45, 7) is 8.33. The van der Waals surface area contributed by atoms with Gasteiger partial charge in [-0.3, -0.25) is 0 Å². The molecule has 2 aliphatic heterocycles. The Morgan fingerprint density at radius 3 is 1.97 bits per heavy atom. The van der Waals surface area contributed by atoms with Gasteiger partial charge >= 0.3 is 6.09 Å². The summed E-state index contributed by atoms with van der Waals surface area (Å²) in [6.07, 6.45) is 7.11. The Morgan fingerprint density at radius 2 is 1.46 bits per heavy atom. The van der Waals surface area contributed by atoms with E-state index in [9.17, 15) is 13.2 Å². The Kier molecular flexibility index (Phi) is 9.32. The zero-order valence-corrected chi connectivity index (χ0v) is 22.7. The van der Waals surface area contributed by atoms with Gasteiger partial charge in [-0.2, -0.15) is 4.31 Å². The molecule has 0 radical (unpaired) electrons. The largest absolute Gasteiger partial charge is 0.493 e. The fourth-order valence-electron chi connectivity index (χ4n) is 4.99. The van der Waals surface area contributed by atoms with Crippen molar-refractivity contribution < 1.29 is 27.4 Å². The lowest BCUT2D eigenvalue weighted by Gasteiger charge is -2.34. The summed E-state index contributed by atoms with van der Waals surface area (Å²) in [5, 5.41) is 0. The van der Waals surface area contributed by atoms with E-state index >= 15 is 0 Å². The SMILES string of the molecule is COc1ccc(S(=O)(=O)N2CCC(CCCC3CCN(C(=O)OC(C)(C)C)CC3)CC2)cc1OC. The highest BCUT2D eigenvalue weighted by Crippen LogP contribution is 2.33. The van der Waals surface area contributed by atoms with Crippen molar-refractivity contribution in [2.45, 2.75) is 76.2 Å². The summed E-state index contributed by atoms with van der Waals surface area (Å²) in [6, 6.07) is 4.75. The van der Waals surface area contributed by atoms with Crippen molar-refractivity contribution in [1.29, 1.82) is 0 Å². The lowest BCUT2D eigenvalue weighted by Crippen LogP contribution is -2.41. The number of ether oxygens (including phenoxy) is 3. The number of nitrogens with zero attached hydrogens (tertiary/aromatic N) is 2. The highest BCUT2D eigenvalue weighted by molar-refractivity contribution is 7.89. The normalized spacial score (nSPS) is 18.9. The van der Waals surface area contributed by atoms with Gasteiger partial charge in [0.05, 0.1) is 19.1 Å². The Balaban J connectivity index is 1.39. The molecular formula is C26H42N2O6S. The van der Waals surface area contributed by atoms with Gasteiger partial charge in [-0.15, -0.1) is 0 Å². The van der Waals surface area contributed by atoms with Crippen molar-refractivity contribution in [3.05, 3.63) is 18.2 Å². The molecule has 2 heterocycles. The molecule has 0 spiro atoms. The molecule has 1 aromatic rings. The van der Waals surface area contributed by atoms with E-state index in [1.54, 1.807) is 16.4 Å². The maximum absolute atomic E-state index is 13.1. The topological polar surface area (TPSA) is 85.4 Å². The number of piperidine rings is 2. The summed E-state index contributed by atoms with van der Waals surface area (Å²) in [4.78, 5) is 14.3.